The number of nitrogens with zero attached hydrogens (tertiary/aromatic N) is 1. The van der Waals surface area contributed by atoms with Crippen LogP contribution in [0.15, 0.2) is 66.9 Å². The lowest BCUT2D eigenvalue weighted by molar-refractivity contribution is -0.123. The van der Waals surface area contributed by atoms with Crippen LogP contribution >= 0.6 is 0 Å². The van der Waals surface area contributed by atoms with Crippen LogP contribution in [0.4, 0.5) is 19.7 Å². The minimum atomic E-state index is -1.69. The first-order valence-electron chi connectivity index (χ1n) is 16.0. The van der Waals surface area contributed by atoms with Gasteiger partial charge in [0, 0.05) is 18.2 Å². The highest BCUT2D eigenvalue weighted by Gasteiger charge is 2.41. The minimum Gasteiger partial charge on any atom is -0.446 e. The van der Waals surface area contributed by atoms with Crippen molar-refractivity contribution in [2.45, 2.75) is 89.1 Å². The summed E-state index contributed by atoms with van der Waals surface area (Å²) in [5.41, 5.74) is 3.62. The summed E-state index contributed by atoms with van der Waals surface area (Å²) >= 11 is 0. The zero-order valence-corrected chi connectivity index (χ0v) is 26.9. The number of ether oxygens (including phenoxy) is 2. The fourth-order valence-corrected chi connectivity index (χ4v) is 6.20. The molecule has 1 atom stereocenters. The Hall–Kier alpha value is -4.47. The van der Waals surface area contributed by atoms with Crippen LogP contribution in [0.1, 0.15) is 71.3 Å². The molecule has 0 aliphatic heterocycles. The van der Waals surface area contributed by atoms with Crippen molar-refractivity contribution < 1.29 is 28.2 Å². The molecule has 2 fully saturated rings. The lowest BCUT2D eigenvalue weighted by atomic mass is 9.71. The van der Waals surface area contributed by atoms with E-state index in [-0.39, 0.29) is 6.10 Å². The Bertz CT molecular complexity index is 1530. The fraction of sp³-hybridized carbons (Fsp3) is 0.444. The minimum absolute atomic E-state index is 0.272. The number of alkyl carbamates (subject to hydrolysis) is 2. The molecule has 0 radical (unpaired) electrons. The first-order valence-corrected chi connectivity index (χ1v) is 16.0. The third-order valence-corrected chi connectivity index (χ3v) is 8.76. The number of aromatic nitrogens is 1. The number of hydrogen-bond donors (Lipinski definition) is 3. The van der Waals surface area contributed by atoms with Gasteiger partial charge >= 0.3 is 12.2 Å². The van der Waals surface area contributed by atoms with Gasteiger partial charge in [0.2, 0.25) is 0 Å². The second-order valence-electron chi connectivity index (χ2n) is 13.2. The number of pyridine rings is 1. The monoisotopic (exact) mass is 630 g/mol. The predicted octanol–water partition coefficient (Wildman–Crippen LogP) is 7.51. The van der Waals surface area contributed by atoms with Gasteiger partial charge in [-0.2, -0.15) is 0 Å². The average Bonchev–Trinajstić information content (AvgIpc) is 3.02. The molecule has 3 N–H and O–H groups in total. The SMILES string of the molecule is CNC(=O)O[C@H]1CC[C@H](C(F)C(=O)Nc2cnc(-c3ccc(C4(NC(=O)OC(C)(C)C)CCC4)cc3)c(-c3ccccc3)c2)CC1. The highest BCUT2D eigenvalue weighted by Crippen LogP contribution is 2.42. The van der Waals surface area contributed by atoms with Gasteiger partial charge in [-0.1, -0.05) is 54.6 Å². The number of hydrogen-bond acceptors (Lipinski definition) is 6. The third kappa shape index (κ3) is 7.84. The molecule has 0 spiro atoms. The maximum atomic E-state index is 15.3. The number of carbonyl (C=O) groups excluding carboxylic acids is 3. The van der Waals surface area contributed by atoms with Crippen molar-refractivity contribution in [1.29, 1.82) is 0 Å². The zero-order chi connectivity index (χ0) is 32.9. The van der Waals surface area contributed by atoms with E-state index in [0.717, 1.165) is 41.5 Å². The first-order chi connectivity index (χ1) is 22.0. The number of rotatable bonds is 8. The molecular weight excluding hydrogens is 587 g/mol. The summed E-state index contributed by atoms with van der Waals surface area (Å²) in [5, 5.41) is 8.26. The maximum absolute atomic E-state index is 15.3. The Morgan fingerprint density at radius 2 is 1.61 bits per heavy atom. The summed E-state index contributed by atoms with van der Waals surface area (Å²) in [6, 6.07) is 19.5. The second kappa shape index (κ2) is 13.9. The molecule has 10 heteroatoms. The van der Waals surface area contributed by atoms with E-state index in [9.17, 15) is 14.4 Å². The Morgan fingerprint density at radius 3 is 2.20 bits per heavy atom. The number of benzene rings is 2. The van der Waals surface area contributed by atoms with Crippen LogP contribution in [-0.2, 0) is 19.8 Å². The van der Waals surface area contributed by atoms with Crippen molar-refractivity contribution in [1.82, 2.24) is 15.6 Å². The van der Waals surface area contributed by atoms with Crippen molar-refractivity contribution in [3.05, 3.63) is 72.4 Å². The van der Waals surface area contributed by atoms with Crippen LogP contribution < -0.4 is 16.0 Å². The van der Waals surface area contributed by atoms with Crippen molar-refractivity contribution >= 4 is 23.8 Å². The highest BCUT2D eigenvalue weighted by molar-refractivity contribution is 5.95. The Kier molecular flexibility index (Phi) is 9.94. The van der Waals surface area contributed by atoms with Crippen LogP contribution in [0.3, 0.4) is 0 Å². The fourth-order valence-electron chi connectivity index (χ4n) is 6.20. The summed E-state index contributed by atoms with van der Waals surface area (Å²) in [6.07, 6.45) is 3.24. The standard InChI is InChI=1S/C36H43FN4O5/c1-35(2,3)46-34(44)41-36(19-8-20-36)26-15-11-25(12-16-26)31-29(23-9-6-5-7-10-23)21-27(22-39-31)40-32(42)30(37)24-13-17-28(18-14-24)45-33(43)38-4/h5-7,9-12,15-16,21-22,24,28,30H,8,13-14,17-20H2,1-4H3,(H,38,43)(H,40,42)(H,41,44)/t24-,28-,30?. The van der Waals surface area contributed by atoms with Gasteiger partial charge in [0.1, 0.15) is 11.7 Å². The number of halogens is 1. The van der Waals surface area contributed by atoms with Gasteiger partial charge in [-0.25, -0.2) is 14.0 Å². The average molecular weight is 631 g/mol. The molecule has 9 nitrogen and oxygen atoms in total. The number of alkyl halides is 1. The molecule has 2 saturated carbocycles. The van der Waals surface area contributed by atoms with Crippen molar-refractivity contribution in [2.75, 3.05) is 12.4 Å². The van der Waals surface area contributed by atoms with Gasteiger partial charge in [-0.05, 0) is 88.8 Å². The lowest BCUT2D eigenvalue weighted by Crippen LogP contribution is -2.52. The van der Waals surface area contributed by atoms with E-state index in [0.29, 0.717) is 37.1 Å². The molecule has 3 aromatic rings. The molecular formula is C36H43FN4O5. The van der Waals surface area contributed by atoms with Crippen molar-refractivity contribution in [3.63, 3.8) is 0 Å². The van der Waals surface area contributed by atoms with E-state index in [4.69, 9.17) is 14.5 Å². The number of nitrogens with one attached hydrogen (secondary N) is 3. The molecule has 1 heterocycles. The van der Waals surface area contributed by atoms with Crippen LogP contribution in [0.2, 0.25) is 0 Å². The van der Waals surface area contributed by atoms with E-state index < -0.39 is 41.3 Å². The quantitative estimate of drug-likeness (QED) is 0.237. The molecule has 244 valence electrons. The van der Waals surface area contributed by atoms with E-state index in [1.54, 1.807) is 6.20 Å². The topological polar surface area (TPSA) is 119 Å². The zero-order valence-electron chi connectivity index (χ0n) is 26.9. The summed E-state index contributed by atoms with van der Waals surface area (Å²) in [5.74, 6) is -1.16. The van der Waals surface area contributed by atoms with E-state index >= 15 is 4.39 Å². The number of anilines is 1. The van der Waals surface area contributed by atoms with Crippen LogP contribution in [0.25, 0.3) is 22.4 Å². The molecule has 5 rings (SSSR count). The van der Waals surface area contributed by atoms with Gasteiger partial charge in [-0.3, -0.25) is 9.78 Å². The number of carbonyl (C=O) groups is 3. The van der Waals surface area contributed by atoms with Gasteiger partial charge in [0.15, 0.2) is 6.17 Å². The second-order valence-corrected chi connectivity index (χ2v) is 13.2. The van der Waals surface area contributed by atoms with Crippen LogP contribution in [0.5, 0.6) is 0 Å². The Labute approximate surface area is 269 Å². The van der Waals surface area contributed by atoms with Gasteiger partial charge < -0.3 is 25.4 Å². The summed E-state index contributed by atoms with van der Waals surface area (Å²) in [7, 11) is 1.50. The maximum Gasteiger partial charge on any atom is 0.408 e. The van der Waals surface area contributed by atoms with E-state index in [2.05, 4.69) is 16.0 Å². The molecule has 1 aromatic heterocycles. The molecule has 2 aliphatic carbocycles. The van der Waals surface area contributed by atoms with Crippen molar-refractivity contribution in [3.8, 4) is 22.4 Å². The van der Waals surface area contributed by atoms with E-state index in [1.807, 2.05) is 81.4 Å². The lowest BCUT2D eigenvalue weighted by Gasteiger charge is -2.43. The van der Waals surface area contributed by atoms with E-state index in [1.165, 1.54) is 7.05 Å². The third-order valence-electron chi connectivity index (χ3n) is 8.76. The van der Waals surface area contributed by atoms with Gasteiger partial charge in [0.05, 0.1) is 23.1 Å². The van der Waals surface area contributed by atoms with Crippen molar-refractivity contribution in [2.24, 2.45) is 5.92 Å². The van der Waals surface area contributed by atoms with Crippen LogP contribution in [-0.4, -0.2) is 48.0 Å². The van der Waals surface area contributed by atoms with Gasteiger partial charge in [0.25, 0.3) is 5.91 Å². The number of amides is 3. The molecule has 3 amide bonds. The summed E-state index contributed by atoms with van der Waals surface area (Å²) < 4.78 is 26.1. The summed E-state index contributed by atoms with van der Waals surface area (Å²) in [6.45, 7) is 5.54. The molecule has 0 saturated heterocycles. The van der Waals surface area contributed by atoms with Gasteiger partial charge in [-0.15, -0.1) is 0 Å². The Balaban J connectivity index is 1.32. The largest absolute Gasteiger partial charge is 0.446 e. The molecule has 0 bridgehead atoms. The molecule has 2 aromatic carbocycles. The summed E-state index contributed by atoms with van der Waals surface area (Å²) in [4.78, 5) is 41.8. The van der Waals surface area contributed by atoms with Crippen LogP contribution in [0, 0.1) is 5.92 Å². The predicted molar refractivity (Wildman–Crippen MR) is 175 cm³/mol. The molecule has 46 heavy (non-hydrogen) atoms. The Morgan fingerprint density at radius 1 is 0.935 bits per heavy atom. The normalized spacial score (nSPS) is 19.6. The smallest absolute Gasteiger partial charge is 0.408 e. The highest BCUT2D eigenvalue weighted by atomic mass is 19.1. The molecule has 2 aliphatic rings. The molecule has 1 unspecified atom stereocenters. The first kappa shape index (κ1) is 32.9.